The van der Waals surface area contributed by atoms with Crippen LogP contribution in [0.5, 0.6) is 17.2 Å². The molecule has 0 fully saturated rings. The van der Waals surface area contributed by atoms with E-state index < -0.39 is 21.2 Å². The van der Waals surface area contributed by atoms with Crippen LogP contribution in [0.3, 0.4) is 0 Å². The van der Waals surface area contributed by atoms with E-state index in [4.69, 9.17) is 21.1 Å². The molecule has 0 saturated carbocycles. The first-order valence-electron chi connectivity index (χ1n) is 9.57. The lowest BCUT2D eigenvalue weighted by Crippen LogP contribution is -2.01. The quantitative estimate of drug-likeness (QED) is 0.122. The summed E-state index contributed by atoms with van der Waals surface area (Å²) in [4.78, 5) is 25.5. The van der Waals surface area contributed by atoms with Crippen LogP contribution in [0.1, 0.15) is 18.1 Å². The highest BCUT2D eigenvalue weighted by Gasteiger charge is 2.23. The minimum atomic E-state index is -0.732. The Morgan fingerprint density at radius 2 is 1.85 bits per heavy atom. The Kier molecular flexibility index (Phi) is 7.82. The lowest BCUT2D eigenvalue weighted by Gasteiger charge is -2.14. The molecule has 3 aromatic rings. The Balaban J connectivity index is 2.00. The molecule has 0 aliphatic carbocycles. The Morgan fingerprint density at radius 1 is 1.09 bits per heavy atom. The Hall–Kier alpha value is -3.25. The number of nitrogens with zero attached hydrogens (tertiary/aromatic N) is 3. The van der Waals surface area contributed by atoms with Crippen molar-refractivity contribution in [1.29, 1.82) is 0 Å². The second kappa shape index (κ2) is 10.6. The van der Waals surface area contributed by atoms with Gasteiger partial charge in [-0.05, 0) is 77.9 Å². The molecule has 0 spiro atoms. The molecule has 33 heavy (non-hydrogen) atoms. The summed E-state index contributed by atoms with van der Waals surface area (Å²) in [7, 11) is 0. The van der Waals surface area contributed by atoms with Crippen molar-refractivity contribution in [3.63, 3.8) is 0 Å². The van der Waals surface area contributed by atoms with Gasteiger partial charge in [-0.3, -0.25) is 25.2 Å². The van der Waals surface area contributed by atoms with Crippen LogP contribution >= 0.6 is 34.2 Å². The number of halogens is 2. The van der Waals surface area contributed by atoms with E-state index in [2.05, 4.69) is 4.99 Å². The van der Waals surface area contributed by atoms with Crippen molar-refractivity contribution in [3.8, 4) is 17.2 Å². The zero-order valence-electron chi connectivity index (χ0n) is 17.5. The first-order chi connectivity index (χ1) is 15.7. The van der Waals surface area contributed by atoms with Crippen LogP contribution in [0.15, 0.2) is 53.5 Å². The van der Waals surface area contributed by atoms with Gasteiger partial charge in [0.2, 0.25) is 5.75 Å². The van der Waals surface area contributed by atoms with E-state index in [1.807, 2.05) is 41.6 Å². The molecular formula is C22H17ClIN3O6. The highest BCUT2D eigenvalue weighted by molar-refractivity contribution is 14.1. The van der Waals surface area contributed by atoms with Crippen molar-refractivity contribution in [3.05, 3.63) is 88.5 Å². The van der Waals surface area contributed by atoms with E-state index in [1.54, 1.807) is 31.3 Å². The van der Waals surface area contributed by atoms with Gasteiger partial charge in [0.15, 0.2) is 11.5 Å². The number of non-ortho nitro benzene ring substituents is 1. The van der Waals surface area contributed by atoms with Gasteiger partial charge in [-0.2, -0.15) is 0 Å². The summed E-state index contributed by atoms with van der Waals surface area (Å²) in [5.41, 5.74) is 1.35. The third kappa shape index (κ3) is 5.76. The molecule has 0 radical (unpaired) electrons. The predicted molar refractivity (Wildman–Crippen MR) is 134 cm³/mol. The fraction of sp³-hybridized carbons (Fsp3) is 0.136. The van der Waals surface area contributed by atoms with Gasteiger partial charge < -0.3 is 9.47 Å². The van der Waals surface area contributed by atoms with Crippen molar-refractivity contribution in [2.75, 3.05) is 6.61 Å². The molecular weight excluding hydrogens is 565 g/mol. The molecule has 0 atom stereocenters. The normalized spacial score (nSPS) is 10.9. The molecule has 0 N–H and O–H groups in total. The summed E-state index contributed by atoms with van der Waals surface area (Å²) < 4.78 is 12.1. The summed E-state index contributed by atoms with van der Waals surface area (Å²) in [6.45, 7) is 3.99. The maximum Gasteiger partial charge on any atom is 0.318 e. The van der Waals surface area contributed by atoms with Gasteiger partial charge in [0.1, 0.15) is 0 Å². The van der Waals surface area contributed by atoms with E-state index in [1.165, 1.54) is 6.07 Å². The monoisotopic (exact) mass is 581 g/mol. The van der Waals surface area contributed by atoms with Crippen molar-refractivity contribution in [2.24, 2.45) is 4.99 Å². The van der Waals surface area contributed by atoms with E-state index in [0.717, 1.165) is 23.4 Å². The Labute approximate surface area is 207 Å². The fourth-order valence-electron chi connectivity index (χ4n) is 2.86. The third-order valence-electron chi connectivity index (χ3n) is 4.49. The Morgan fingerprint density at radius 3 is 2.52 bits per heavy atom. The van der Waals surface area contributed by atoms with Crippen LogP contribution in [0.2, 0.25) is 5.02 Å². The summed E-state index contributed by atoms with van der Waals surface area (Å²) in [6, 6.07) is 12.1. The van der Waals surface area contributed by atoms with Crippen LogP contribution in [-0.4, -0.2) is 22.7 Å². The number of benzene rings is 3. The molecule has 3 aromatic carbocycles. The van der Waals surface area contributed by atoms with Gasteiger partial charge in [0, 0.05) is 17.3 Å². The molecule has 0 saturated heterocycles. The van der Waals surface area contributed by atoms with Crippen molar-refractivity contribution >= 4 is 57.5 Å². The van der Waals surface area contributed by atoms with Crippen molar-refractivity contribution in [2.45, 2.75) is 13.8 Å². The highest BCUT2D eigenvalue weighted by Crippen LogP contribution is 2.41. The molecule has 0 bridgehead atoms. The van der Waals surface area contributed by atoms with E-state index >= 15 is 0 Å². The predicted octanol–water partition coefficient (Wildman–Crippen LogP) is 7.01. The molecule has 9 nitrogen and oxygen atoms in total. The zero-order valence-corrected chi connectivity index (χ0v) is 20.4. The van der Waals surface area contributed by atoms with Crippen molar-refractivity contribution in [1.82, 2.24) is 0 Å². The molecule has 170 valence electrons. The summed E-state index contributed by atoms with van der Waals surface area (Å²) in [5, 5.41) is 23.0. The molecule has 0 heterocycles. The Bertz CT molecular complexity index is 1270. The first kappa shape index (κ1) is 24.4. The molecule has 0 aliphatic rings. The van der Waals surface area contributed by atoms with Crippen molar-refractivity contribution < 1.29 is 19.3 Å². The molecule has 0 unspecified atom stereocenters. The van der Waals surface area contributed by atoms with Crippen LogP contribution < -0.4 is 9.47 Å². The standard InChI is InChI=1S/C22H17ClIN3O6/c1-3-32-21-10-14(12-25-18-6-4-5-16(23)13(18)2)9-17(24)22(21)33-20-8-7-15(26(28)29)11-19(20)27(30)31/h4-12H,3H2,1-2H3. The zero-order chi connectivity index (χ0) is 24.1. The van der Waals surface area contributed by atoms with Crippen LogP contribution in [0.25, 0.3) is 0 Å². The number of nitro benzene ring substituents is 2. The third-order valence-corrected chi connectivity index (χ3v) is 5.70. The molecule has 0 amide bonds. The lowest BCUT2D eigenvalue weighted by atomic mass is 10.2. The number of aliphatic imine (C=N–C) groups is 1. The second-order valence-corrected chi connectivity index (χ2v) is 8.24. The largest absolute Gasteiger partial charge is 0.490 e. The SMILES string of the molecule is CCOc1cc(C=Nc2cccc(Cl)c2C)cc(I)c1Oc1ccc([N+](=O)[O-])cc1[N+](=O)[O-]. The number of ether oxygens (including phenoxy) is 2. The number of nitro groups is 2. The summed E-state index contributed by atoms with van der Waals surface area (Å²) >= 11 is 8.18. The molecule has 3 rings (SSSR count). The van der Waals surface area contributed by atoms with Crippen LogP contribution in [0, 0.1) is 30.7 Å². The van der Waals surface area contributed by atoms with Gasteiger partial charge >= 0.3 is 5.69 Å². The van der Waals surface area contributed by atoms with Gasteiger partial charge in [0.25, 0.3) is 5.69 Å². The average molecular weight is 582 g/mol. The van der Waals surface area contributed by atoms with E-state index in [9.17, 15) is 20.2 Å². The summed E-state index contributed by atoms with van der Waals surface area (Å²) in [6.07, 6.45) is 1.65. The lowest BCUT2D eigenvalue weighted by molar-refractivity contribution is -0.394. The average Bonchev–Trinajstić information content (AvgIpc) is 2.77. The minimum Gasteiger partial charge on any atom is -0.490 e. The number of rotatable bonds is 8. The molecule has 11 heteroatoms. The van der Waals surface area contributed by atoms with E-state index in [0.29, 0.717) is 26.5 Å². The fourth-order valence-corrected chi connectivity index (χ4v) is 3.77. The maximum atomic E-state index is 11.5. The second-order valence-electron chi connectivity index (χ2n) is 6.67. The van der Waals surface area contributed by atoms with E-state index in [-0.39, 0.29) is 11.5 Å². The smallest absolute Gasteiger partial charge is 0.318 e. The molecule has 0 aliphatic heterocycles. The maximum absolute atomic E-state index is 11.5. The number of hydrogen-bond donors (Lipinski definition) is 0. The van der Waals surface area contributed by atoms with Gasteiger partial charge in [-0.1, -0.05) is 17.7 Å². The van der Waals surface area contributed by atoms with Crippen LogP contribution in [-0.2, 0) is 0 Å². The topological polar surface area (TPSA) is 117 Å². The molecule has 0 aromatic heterocycles. The van der Waals surface area contributed by atoms with Crippen LogP contribution in [0.4, 0.5) is 17.1 Å². The summed E-state index contributed by atoms with van der Waals surface area (Å²) in [5.74, 6) is 0.465. The minimum absolute atomic E-state index is 0.138. The number of hydrogen-bond acceptors (Lipinski definition) is 7. The first-order valence-corrected chi connectivity index (χ1v) is 11.0. The van der Waals surface area contributed by atoms with Gasteiger partial charge in [-0.15, -0.1) is 0 Å². The van der Waals surface area contributed by atoms with Gasteiger partial charge in [0.05, 0.1) is 31.8 Å². The van der Waals surface area contributed by atoms with Gasteiger partial charge in [-0.25, -0.2) is 0 Å². The highest BCUT2D eigenvalue weighted by atomic mass is 127.